The van der Waals surface area contributed by atoms with E-state index in [4.69, 9.17) is 23.8 Å². The molecule has 0 spiro atoms. The minimum atomic E-state index is -0.214. The summed E-state index contributed by atoms with van der Waals surface area (Å²) in [4.78, 5) is 26.6. The fourth-order valence-corrected chi connectivity index (χ4v) is 3.46. The van der Waals surface area contributed by atoms with Gasteiger partial charge in [-0.05, 0) is 60.6 Å². The van der Waals surface area contributed by atoms with Crippen LogP contribution in [0, 0.1) is 0 Å². The second-order valence-corrected chi connectivity index (χ2v) is 7.69. The number of benzene rings is 3. The Morgan fingerprint density at radius 1 is 0.968 bits per heavy atom. The summed E-state index contributed by atoms with van der Waals surface area (Å²) >= 11 is 11.4. The minimum Gasteiger partial charge on any atom is -0.332 e. The topological polar surface area (TPSA) is 61.4 Å². The van der Waals surface area contributed by atoms with Gasteiger partial charge in [0, 0.05) is 35.4 Å². The highest BCUT2D eigenvalue weighted by molar-refractivity contribution is 7.80. The average Bonchev–Trinajstić information content (AvgIpc) is 2.78. The van der Waals surface area contributed by atoms with Gasteiger partial charge in [-0.3, -0.25) is 9.59 Å². The number of hydrogen-bond acceptors (Lipinski definition) is 3. The third kappa shape index (κ3) is 6.38. The lowest BCUT2D eigenvalue weighted by Crippen LogP contribution is -2.34. The van der Waals surface area contributed by atoms with Crippen molar-refractivity contribution in [3.05, 3.63) is 95.0 Å². The van der Waals surface area contributed by atoms with Crippen molar-refractivity contribution < 1.29 is 9.59 Å². The Hall–Kier alpha value is -3.22. The molecule has 0 aliphatic rings. The lowest BCUT2D eigenvalue weighted by atomic mass is 10.1. The summed E-state index contributed by atoms with van der Waals surface area (Å²) in [5, 5.41) is 6.43. The Morgan fingerprint density at radius 3 is 2.42 bits per heavy atom. The molecule has 7 heteroatoms. The number of hydrogen-bond donors (Lipinski definition) is 2. The van der Waals surface area contributed by atoms with Crippen LogP contribution in [0.4, 0.5) is 11.4 Å². The van der Waals surface area contributed by atoms with Gasteiger partial charge in [-0.1, -0.05) is 54.1 Å². The minimum absolute atomic E-state index is 0.149. The second kappa shape index (κ2) is 10.7. The molecule has 2 amide bonds. The molecule has 0 saturated carbocycles. The molecule has 0 aliphatic heterocycles. The van der Waals surface area contributed by atoms with Crippen molar-refractivity contribution in [2.45, 2.75) is 12.8 Å². The van der Waals surface area contributed by atoms with E-state index in [0.717, 1.165) is 11.3 Å². The van der Waals surface area contributed by atoms with Crippen molar-refractivity contribution in [3.8, 4) is 0 Å². The molecular formula is C24H22ClN3O2S. The van der Waals surface area contributed by atoms with Gasteiger partial charge in [-0.2, -0.15) is 0 Å². The van der Waals surface area contributed by atoms with Gasteiger partial charge >= 0.3 is 0 Å². The lowest BCUT2D eigenvalue weighted by molar-refractivity contribution is -0.119. The fourth-order valence-electron chi connectivity index (χ4n) is 2.99. The average molecular weight is 452 g/mol. The molecule has 0 aliphatic carbocycles. The van der Waals surface area contributed by atoms with Gasteiger partial charge in [-0.25, -0.2) is 0 Å². The van der Waals surface area contributed by atoms with Crippen LogP contribution in [0.5, 0.6) is 0 Å². The summed E-state index contributed by atoms with van der Waals surface area (Å²) in [6, 6.07) is 23.8. The lowest BCUT2D eigenvalue weighted by Gasteiger charge is -2.18. The summed E-state index contributed by atoms with van der Waals surface area (Å²) in [6.45, 7) is 0. The first-order valence-corrected chi connectivity index (χ1v) is 10.5. The monoisotopic (exact) mass is 451 g/mol. The summed E-state index contributed by atoms with van der Waals surface area (Å²) in [5.41, 5.74) is 2.83. The van der Waals surface area contributed by atoms with Crippen LogP contribution in [0.25, 0.3) is 0 Å². The van der Waals surface area contributed by atoms with Gasteiger partial charge in [0.2, 0.25) is 5.91 Å². The van der Waals surface area contributed by atoms with Crippen LogP contribution in [0.3, 0.4) is 0 Å². The Bertz CT molecular complexity index is 1090. The maximum absolute atomic E-state index is 12.8. The number of thiocarbonyl (C=S) groups is 1. The van der Waals surface area contributed by atoms with Crippen molar-refractivity contribution in [3.63, 3.8) is 0 Å². The Morgan fingerprint density at radius 2 is 1.68 bits per heavy atom. The smallest absolute Gasteiger partial charge is 0.258 e. The van der Waals surface area contributed by atoms with Crippen LogP contribution in [-0.4, -0.2) is 24.0 Å². The molecule has 0 saturated heterocycles. The second-order valence-electron chi connectivity index (χ2n) is 6.87. The maximum atomic E-state index is 12.8. The highest BCUT2D eigenvalue weighted by atomic mass is 35.5. The number of anilines is 2. The molecular weight excluding hydrogens is 430 g/mol. The zero-order valence-electron chi connectivity index (χ0n) is 17.0. The molecule has 0 bridgehead atoms. The van der Waals surface area contributed by atoms with E-state index in [2.05, 4.69) is 10.6 Å². The van der Waals surface area contributed by atoms with Gasteiger partial charge in [0.1, 0.15) is 0 Å². The molecule has 0 unspecified atom stereocenters. The standard InChI is InChI=1S/C24H22ClN3O2S/c1-28(20-11-3-2-4-12-20)23(30)18-9-7-10-19(16-18)26-24(31)27-22(29)15-14-17-8-5-6-13-21(17)25/h2-13,16H,14-15H2,1H3,(H2,26,27,29,31). The van der Waals surface area contributed by atoms with Gasteiger partial charge < -0.3 is 15.5 Å². The number of nitrogens with zero attached hydrogens (tertiary/aromatic N) is 1. The molecule has 0 aromatic heterocycles. The number of carbonyl (C=O) groups is 2. The van der Waals surface area contributed by atoms with Crippen molar-refractivity contribution in [1.29, 1.82) is 0 Å². The van der Waals surface area contributed by atoms with Crippen LogP contribution in [0.15, 0.2) is 78.9 Å². The number of rotatable bonds is 6. The van der Waals surface area contributed by atoms with Crippen molar-refractivity contribution in [2.75, 3.05) is 17.3 Å². The number of nitrogens with one attached hydrogen (secondary N) is 2. The van der Waals surface area contributed by atoms with Gasteiger partial charge in [0.25, 0.3) is 5.91 Å². The third-order valence-electron chi connectivity index (χ3n) is 4.65. The van der Waals surface area contributed by atoms with Crippen LogP contribution >= 0.6 is 23.8 Å². The predicted molar refractivity (Wildman–Crippen MR) is 130 cm³/mol. The van der Waals surface area contributed by atoms with E-state index in [1.165, 1.54) is 0 Å². The molecule has 3 aromatic rings. The van der Waals surface area contributed by atoms with Crippen LogP contribution < -0.4 is 15.5 Å². The van der Waals surface area contributed by atoms with Crippen LogP contribution in [0.2, 0.25) is 5.02 Å². The SMILES string of the molecule is CN(C(=O)c1cccc(NC(=S)NC(=O)CCc2ccccc2Cl)c1)c1ccccc1. The molecule has 0 radical (unpaired) electrons. The molecule has 2 N–H and O–H groups in total. The van der Waals surface area contributed by atoms with Crippen molar-refractivity contribution in [2.24, 2.45) is 0 Å². The molecule has 5 nitrogen and oxygen atoms in total. The van der Waals surface area contributed by atoms with Gasteiger partial charge in [0.05, 0.1) is 0 Å². The number of halogens is 1. The van der Waals surface area contributed by atoms with E-state index >= 15 is 0 Å². The summed E-state index contributed by atoms with van der Waals surface area (Å²) < 4.78 is 0. The third-order valence-corrected chi connectivity index (χ3v) is 5.22. The highest BCUT2D eigenvalue weighted by Crippen LogP contribution is 2.18. The summed E-state index contributed by atoms with van der Waals surface area (Å²) in [6.07, 6.45) is 0.774. The first kappa shape index (κ1) is 22.5. The maximum Gasteiger partial charge on any atom is 0.258 e. The van der Waals surface area contributed by atoms with E-state index in [9.17, 15) is 9.59 Å². The number of amides is 2. The number of carbonyl (C=O) groups excluding carboxylic acids is 2. The van der Waals surface area contributed by atoms with Crippen LogP contribution in [-0.2, 0) is 11.2 Å². The molecule has 0 fully saturated rings. The van der Waals surface area contributed by atoms with Crippen molar-refractivity contribution >= 4 is 52.1 Å². The number of aryl methyl sites for hydroxylation is 1. The summed E-state index contributed by atoms with van der Waals surface area (Å²) in [7, 11) is 1.72. The Balaban J connectivity index is 1.56. The van der Waals surface area contributed by atoms with E-state index in [1.54, 1.807) is 42.3 Å². The molecule has 0 heterocycles. The van der Waals surface area contributed by atoms with Gasteiger partial charge in [0.15, 0.2) is 5.11 Å². The summed E-state index contributed by atoms with van der Waals surface area (Å²) in [5.74, 6) is -0.363. The molecule has 3 aromatic carbocycles. The zero-order valence-corrected chi connectivity index (χ0v) is 18.5. The molecule has 3 rings (SSSR count). The first-order valence-electron chi connectivity index (χ1n) is 9.71. The van der Waals surface area contributed by atoms with E-state index < -0.39 is 0 Å². The Kier molecular flexibility index (Phi) is 7.76. The quantitative estimate of drug-likeness (QED) is 0.514. The normalized spacial score (nSPS) is 10.3. The fraction of sp³-hybridized carbons (Fsp3) is 0.125. The van der Waals surface area contributed by atoms with E-state index in [0.29, 0.717) is 22.7 Å². The molecule has 0 atom stereocenters. The molecule has 158 valence electrons. The van der Waals surface area contributed by atoms with E-state index in [-0.39, 0.29) is 23.3 Å². The largest absolute Gasteiger partial charge is 0.332 e. The molecule has 31 heavy (non-hydrogen) atoms. The van der Waals surface area contributed by atoms with Crippen LogP contribution in [0.1, 0.15) is 22.3 Å². The highest BCUT2D eigenvalue weighted by Gasteiger charge is 2.14. The van der Waals surface area contributed by atoms with Gasteiger partial charge in [-0.15, -0.1) is 0 Å². The predicted octanol–water partition coefficient (Wildman–Crippen LogP) is 5.06. The van der Waals surface area contributed by atoms with E-state index in [1.807, 2.05) is 48.5 Å². The van der Waals surface area contributed by atoms with Crippen molar-refractivity contribution in [1.82, 2.24) is 5.32 Å². The zero-order chi connectivity index (χ0) is 22.2. The first-order chi connectivity index (χ1) is 14.9. The Labute approximate surface area is 192 Å². The number of para-hydroxylation sites is 1.